The second-order valence-corrected chi connectivity index (χ2v) is 4.97. The maximum absolute atomic E-state index is 12.1. The standard InChI is InChI=1S/C11H16N4OS/c1-7(2)4-5-15-9-8(12-6-13-9)10(17)14(3)11(15)16/h6-7H,4-5H2,1-3H3,(H,12,13). The molecule has 0 unspecified atom stereocenters. The third-order valence-electron chi connectivity index (χ3n) is 2.84. The molecule has 0 atom stereocenters. The van der Waals surface area contributed by atoms with Crippen LogP contribution < -0.4 is 5.69 Å². The van der Waals surface area contributed by atoms with E-state index in [1.807, 2.05) is 0 Å². The summed E-state index contributed by atoms with van der Waals surface area (Å²) in [5.74, 6) is 0.546. The summed E-state index contributed by atoms with van der Waals surface area (Å²) in [5, 5.41) is 0. The van der Waals surface area contributed by atoms with Gasteiger partial charge in [-0.05, 0) is 12.3 Å². The quantitative estimate of drug-likeness (QED) is 0.848. The summed E-state index contributed by atoms with van der Waals surface area (Å²) in [4.78, 5) is 19.3. The zero-order valence-electron chi connectivity index (χ0n) is 10.2. The average molecular weight is 252 g/mol. The van der Waals surface area contributed by atoms with Crippen molar-refractivity contribution in [2.45, 2.75) is 26.8 Å². The summed E-state index contributed by atoms with van der Waals surface area (Å²) in [6.45, 7) is 4.93. The third kappa shape index (κ3) is 2.04. The van der Waals surface area contributed by atoms with E-state index in [-0.39, 0.29) is 5.69 Å². The predicted octanol–water partition coefficient (Wildman–Crippen LogP) is 1.84. The fourth-order valence-corrected chi connectivity index (χ4v) is 1.99. The molecule has 1 N–H and O–H groups in total. The van der Waals surface area contributed by atoms with Crippen molar-refractivity contribution in [1.29, 1.82) is 0 Å². The largest absolute Gasteiger partial charge is 0.341 e. The van der Waals surface area contributed by atoms with Crippen LogP contribution in [0.3, 0.4) is 0 Å². The molecular formula is C11H16N4OS. The number of fused-ring (bicyclic) bond motifs is 1. The highest BCUT2D eigenvalue weighted by molar-refractivity contribution is 7.71. The van der Waals surface area contributed by atoms with Gasteiger partial charge in [-0.15, -0.1) is 0 Å². The molecule has 0 aromatic carbocycles. The van der Waals surface area contributed by atoms with Gasteiger partial charge >= 0.3 is 5.69 Å². The second kappa shape index (κ2) is 4.44. The minimum Gasteiger partial charge on any atom is -0.341 e. The molecule has 92 valence electrons. The average Bonchev–Trinajstić information content (AvgIpc) is 2.74. The van der Waals surface area contributed by atoms with Crippen molar-refractivity contribution in [3.63, 3.8) is 0 Å². The van der Waals surface area contributed by atoms with E-state index >= 15 is 0 Å². The second-order valence-electron chi connectivity index (χ2n) is 4.58. The normalized spacial score (nSPS) is 11.5. The van der Waals surface area contributed by atoms with Crippen molar-refractivity contribution in [2.75, 3.05) is 0 Å². The fourth-order valence-electron chi connectivity index (χ4n) is 1.76. The minimum atomic E-state index is -0.102. The van der Waals surface area contributed by atoms with Gasteiger partial charge < -0.3 is 4.98 Å². The SMILES string of the molecule is CC(C)CCn1c(=O)n(C)c(=S)c2[nH]cnc21. The van der Waals surface area contributed by atoms with Crippen LogP contribution in [-0.4, -0.2) is 19.1 Å². The molecule has 0 saturated carbocycles. The first kappa shape index (κ1) is 12.0. The molecule has 2 aromatic rings. The van der Waals surface area contributed by atoms with Gasteiger partial charge in [-0.3, -0.25) is 9.13 Å². The Morgan fingerprint density at radius 2 is 2.24 bits per heavy atom. The topological polar surface area (TPSA) is 55.6 Å². The first-order valence-electron chi connectivity index (χ1n) is 5.65. The van der Waals surface area contributed by atoms with Crippen molar-refractivity contribution >= 4 is 23.4 Å². The highest BCUT2D eigenvalue weighted by Gasteiger charge is 2.10. The van der Waals surface area contributed by atoms with Crippen LogP contribution in [0.25, 0.3) is 11.2 Å². The Balaban J connectivity index is 2.65. The van der Waals surface area contributed by atoms with Gasteiger partial charge in [-0.1, -0.05) is 26.1 Å². The Kier molecular flexibility index (Phi) is 3.15. The van der Waals surface area contributed by atoms with Crippen LogP contribution in [0.15, 0.2) is 11.1 Å². The lowest BCUT2D eigenvalue weighted by molar-refractivity contribution is 0.501. The summed E-state index contributed by atoms with van der Waals surface area (Å²) in [6.07, 6.45) is 2.52. The number of aryl methyl sites for hydroxylation is 1. The van der Waals surface area contributed by atoms with E-state index in [0.717, 1.165) is 11.9 Å². The molecular weight excluding hydrogens is 236 g/mol. The number of hydrogen-bond donors (Lipinski definition) is 1. The van der Waals surface area contributed by atoms with Gasteiger partial charge in [0.1, 0.15) is 10.2 Å². The zero-order valence-corrected chi connectivity index (χ0v) is 11.0. The van der Waals surface area contributed by atoms with Gasteiger partial charge in [0.05, 0.1) is 6.33 Å². The smallest absolute Gasteiger partial charge is 0.330 e. The summed E-state index contributed by atoms with van der Waals surface area (Å²) in [6, 6.07) is 0. The van der Waals surface area contributed by atoms with Gasteiger partial charge in [-0.2, -0.15) is 0 Å². The van der Waals surface area contributed by atoms with Crippen LogP contribution in [0.4, 0.5) is 0 Å². The van der Waals surface area contributed by atoms with Gasteiger partial charge in [0.25, 0.3) is 0 Å². The summed E-state index contributed by atoms with van der Waals surface area (Å²) >= 11 is 5.21. The maximum Gasteiger partial charge on any atom is 0.330 e. The molecule has 17 heavy (non-hydrogen) atoms. The monoisotopic (exact) mass is 252 g/mol. The highest BCUT2D eigenvalue weighted by atomic mass is 32.1. The molecule has 5 nitrogen and oxygen atoms in total. The number of rotatable bonds is 3. The Bertz CT molecular complexity index is 650. The number of nitrogens with zero attached hydrogens (tertiary/aromatic N) is 3. The Labute approximate surface area is 104 Å². The lowest BCUT2D eigenvalue weighted by Crippen LogP contribution is -2.30. The van der Waals surface area contributed by atoms with Gasteiger partial charge in [0, 0.05) is 13.6 Å². The van der Waals surface area contributed by atoms with Crippen molar-refractivity contribution < 1.29 is 0 Å². The molecule has 0 radical (unpaired) electrons. The zero-order chi connectivity index (χ0) is 12.6. The first-order valence-corrected chi connectivity index (χ1v) is 6.06. The minimum absolute atomic E-state index is 0.102. The molecule has 0 bridgehead atoms. The maximum atomic E-state index is 12.1. The van der Waals surface area contributed by atoms with Crippen LogP contribution in [-0.2, 0) is 13.6 Å². The molecule has 0 saturated heterocycles. The van der Waals surface area contributed by atoms with E-state index in [0.29, 0.717) is 22.8 Å². The number of aromatic amines is 1. The Morgan fingerprint density at radius 3 is 2.88 bits per heavy atom. The van der Waals surface area contributed by atoms with Crippen molar-refractivity contribution in [2.24, 2.45) is 13.0 Å². The number of nitrogens with one attached hydrogen (secondary N) is 1. The van der Waals surface area contributed by atoms with Crippen molar-refractivity contribution in [1.82, 2.24) is 19.1 Å². The molecule has 0 aliphatic carbocycles. The van der Waals surface area contributed by atoms with Crippen molar-refractivity contribution in [3.05, 3.63) is 21.5 Å². The van der Waals surface area contributed by atoms with E-state index in [1.54, 1.807) is 17.9 Å². The molecule has 2 heterocycles. The molecule has 6 heteroatoms. The number of H-pyrrole nitrogens is 1. The van der Waals surface area contributed by atoms with Gasteiger partial charge in [-0.25, -0.2) is 9.78 Å². The lowest BCUT2D eigenvalue weighted by atomic mass is 10.1. The van der Waals surface area contributed by atoms with E-state index in [9.17, 15) is 4.79 Å². The van der Waals surface area contributed by atoms with Crippen molar-refractivity contribution in [3.8, 4) is 0 Å². The van der Waals surface area contributed by atoms with Crippen LogP contribution in [0, 0.1) is 10.6 Å². The number of aromatic nitrogens is 4. The molecule has 0 amide bonds. The Hall–Kier alpha value is -1.43. The Morgan fingerprint density at radius 1 is 1.53 bits per heavy atom. The fraction of sp³-hybridized carbons (Fsp3) is 0.545. The first-order chi connectivity index (χ1) is 8.02. The molecule has 0 aliphatic rings. The number of imidazole rings is 1. The molecule has 0 fully saturated rings. The van der Waals surface area contributed by atoms with Gasteiger partial charge in [0.2, 0.25) is 0 Å². The highest BCUT2D eigenvalue weighted by Crippen LogP contribution is 2.10. The lowest BCUT2D eigenvalue weighted by Gasteiger charge is -2.10. The summed E-state index contributed by atoms with van der Waals surface area (Å²) < 4.78 is 3.67. The third-order valence-corrected chi connectivity index (χ3v) is 3.32. The molecule has 2 aromatic heterocycles. The van der Waals surface area contributed by atoms with E-state index < -0.39 is 0 Å². The van der Waals surface area contributed by atoms with E-state index in [4.69, 9.17) is 12.2 Å². The summed E-state index contributed by atoms with van der Waals surface area (Å²) in [5.41, 5.74) is 1.31. The van der Waals surface area contributed by atoms with Crippen LogP contribution >= 0.6 is 12.2 Å². The molecule has 0 spiro atoms. The molecule has 0 aliphatic heterocycles. The molecule has 2 rings (SSSR count). The predicted molar refractivity (Wildman–Crippen MR) is 69.6 cm³/mol. The van der Waals surface area contributed by atoms with Crippen LogP contribution in [0.2, 0.25) is 0 Å². The summed E-state index contributed by atoms with van der Waals surface area (Å²) in [7, 11) is 1.69. The van der Waals surface area contributed by atoms with E-state index in [2.05, 4.69) is 23.8 Å². The number of hydrogen-bond acceptors (Lipinski definition) is 3. The van der Waals surface area contributed by atoms with E-state index in [1.165, 1.54) is 4.57 Å². The van der Waals surface area contributed by atoms with Gasteiger partial charge in [0.15, 0.2) is 5.65 Å². The van der Waals surface area contributed by atoms with Crippen LogP contribution in [0.1, 0.15) is 20.3 Å². The van der Waals surface area contributed by atoms with Crippen LogP contribution in [0.5, 0.6) is 0 Å².